The first-order valence-corrected chi connectivity index (χ1v) is 7.64. The number of anilines is 2. The van der Waals surface area contributed by atoms with Gasteiger partial charge in [0.2, 0.25) is 0 Å². The Morgan fingerprint density at radius 1 is 1.15 bits per heavy atom. The van der Waals surface area contributed by atoms with Crippen LogP contribution in [0, 0.1) is 12.8 Å². The van der Waals surface area contributed by atoms with Crippen molar-refractivity contribution >= 4 is 11.6 Å². The van der Waals surface area contributed by atoms with Gasteiger partial charge in [-0.05, 0) is 25.7 Å². The zero-order valence-electron chi connectivity index (χ0n) is 13.7. The van der Waals surface area contributed by atoms with Gasteiger partial charge in [0, 0.05) is 31.1 Å². The van der Waals surface area contributed by atoms with E-state index in [2.05, 4.69) is 49.8 Å². The molecule has 0 aromatic carbocycles. The maximum Gasteiger partial charge on any atom is 0.138 e. The average molecular weight is 276 g/mol. The van der Waals surface area contributed by atoms with Crippen molar-refractivity contribution in [2.24, 2.45) is 5.92 Å². The molecular weight excluding hydrogens is 248 g/mol. The quantitative estimate of drug-likeness (QED) is 0.899. The van der Waals surface area contributed by atoms with E-state index >= 15 is 0 Å². The number of nitrogens with zero attached hydrogens (tertiary/aromatic N) is 3. The predicted octanol–water partition coefficient (Wildman–Crippen LogP) is 3.36. The molecule has 0 amide bonds. The van der Waals surface area contributed by atoms with Crippen LogP contribution in [0.5, 0.6) is 0 Å². The molecule has 20 heavy (non-hydrogen) atoms. The highest BCUT2D eigenvalue weighted by Gasteiger charge is 2.25. The van der Waals surface area contributed by atoms with E-state index < -0.39 is 0 Å². The van der Waals surface area contributed by atoms with Gasteiger partial charge in [-0.15, -0.1) is 0 Å². The van der Waals surface area contributed by atoms with E-state index in [9.17, 15) is 0 Å². The van der Waals surface area contributed by atoms with Crippen LogP contribution < -0.4 is 10.2 Å². The maximum absolute atomic E-state index is 4.88. The summed E-state index contributed by atoms with van der Waals surface area (Å²) < 4.78 is 0. The zero-order valence-corrected chi connectivity index (χ0v) is 13.7. The van der Waals surface area contributed by atoms with E-state index in [1.54, 1.807) is 0 Å². The molecule has 112 valence electrons. The van der Waals surface area contributed by atoms with Crippen molar-refractivity contribution in [3.05, 3.63) is 11.4 Å². The minimum Gasteiger partial charge on any atom is -0.373 e. The Kier molecular flexibility index (Phi) is 4.21. The number of piperidine rings is 1. The lowest BCUT2D eigenvalue weighted by Crippen LogP contribution is -2.35. The summed E-state index contributed by atoms with van der Waals surface area (Å²) in [5, 5.41) is 3.22. The first-order valence-electron chi connectivity index (χ1n) is 7.64. The van der Waals surface area contributed by atoms with Crippen LogP contribution in [-0.4, -0.2) is 30.1 Å². The molecule has 1 aliphatic rings. The molecule has 0 spiro atoms. The van der Waals surface area contributed by atoms with Crippen molar-refractivity contribution in [2.75, 3.05) is 30.4 Å². The van der Waals surface area contributed by atoms with Crippen LogP contribution >= 0.6 is 0 Å². The van der Waals surface area contributed by atoms with Crippen LogP contribution in [0.4, 0.5) is 11.6 Å². The van der Waals surface area contributed by atoms with E-state index in [1.807, 2.05) is 7.05 Å². The molecular formula is C16H28N4. The Balaban J connectivity index is 2.40. The maximum atomic E-state index is 4.88. The molecule has 0 bridgehead atoms. The molecule has 1 N–H and O–H groups in total. The van der Waals surface area contributed by atoms with Crippen molar-refractivity contribution in [2.45, 2.75) is 52.9 Å². The third-order valence-corrected chi connectivity index (χ3v) is 4.11. The number of nitrogens with one attached hydrogen (secondary N) is 1. The van der Waals surface area contributed by atoms with Crippen LogP contribution in [0.2, 0.25) is 0 Å². The number of hydrogen-bond donors (Lipinski definition) is 1. The molecule has 4 nitrogen and oxygen atoms in total. The lowest BCUT2D eigenvalue weighted by Gasteiger charge is -2.33. The van der Waals surface area contributed by atoms with Crippen LogP contribution in [0.1, 0.15) is 51.9 Å². The Bertz CT molecular complexity index is 468. The van der Waals surface area contributed by atoms with Gasteiger partial charge in [0.15, 0.2) is 0 Å². The Morgan fingerprint density at radius 2 is 1.75 bits per heavy atom. The van der Waals surface area contributed by atoms with Crippen LogP contribution in [-0.2, 0) is 5.41 Å². The van der Waals surface area contributed by atoms with Crippen molar-refractivity contribution in [1.29, 1.82) is 0 Å². The molecule has 1 saturated heterocycles. The summed E-state index contributed by atoms with van der Waals surface area (Å²) in [6.45, 7) is 13.2. The monoisotopic (exact) mass is 276 g/mol. The summed E-state index contributed by atoms with van der Waals surface area (Å²) in [5.74, 6) is 3.82. The highest BCUT2D eigenvalue weighted by molar-refractivity contribution is 5.59. The second-order valence-corrected chi connectivity index (χ2v) is 7.01. The molecule has 0 aliphatic carbocycles. The second kappa shape index (κ2) is 5.58. The first kappa shape index (κ1) is 15.1. The molecule has 1 aromatic rings. The standard InChI is InChI=1S/C16H28N4/c1-11-7-9-20(10-8-11)14-12(2)13(17-6)18-15(19-14)16(3,4)5/h11H,7-10H2,1-6H3,(H,17,18,19). The average Bonchev–Trinajstić information content (AvgIpc) is 2.39. The molecule has 2 heterocycles. The molecule has 2 rings (SSSR count). The van der Waals surface area contributed by atoms with Gasteiger partial charge >= 0.3 is 0 Å². The molecule has 1 aromatic heterocycles. The van der Waals surface area contributed by atoms with E-state index in [0.717, 1.165) is 42.0 Å². The summed E-state index contributed by atoms with van der Waals surface area (Å²) in [7, 11) is 1.93. The summed E-state index contributed by atoms with van der Waals surface area (Å²) in [5.41, 5.74) is 1.13. The predicted molar refractivity (Wildman–Crippen MR) is 85.6 cm³/mol. The van der Waals surface area contributed by atoms with Crippen molar-refractivity contribution in [3.63, 3.8) is 0 Å². The third kappa shape index (κ3) is 3.05. The smallest absolute Gasteiger partial charge is 0.138 e. The Hall–Kier alpha value is -1.32. The van der Waals surface area contributed by atoms with Gasteiger partial charge in [0.05, 0.1) is 0 Å². The normalized spacial score (nSPS) is 17.4. The number of hydrogen-bond acceptors (Lipinski definition) is 4. The molecule has 1 fully saturated rings. The molecule has 0 saturated carbocycles. The summed E-state index contributed by atoms with van der Waals surface area (Å²) in [6, 6.07) is 0. The lowest BCUT2D eigenvalue weighted by molar-refractivity contribution is 0.434. The van der Waals surface area contributed by atoms with Gasteiger partial charge in [-0.1, -0.05) is 27.7 Å². The minimum absolute atomic E-state index is 0.0306. The van der Waals surface area contributed by atoms with Crippen LogP contribution in [0.15, 0.2) is 0 Å². The summed E-state index contributed by atoms with van der Waals surface area (Å²) in [4.78, 5) is 12.0. The van der Waals surface area contributed by atoms with E-state index in [-0.39, 0.29) is 5.41 Å². The van der Waals surface area contributed by atoms with E-state index in [1.165, 1.54) is 12.8 Å². The second-order valence-electron chi connectivity index (χ2n) is 7.01. The molecule has 0 radical (unpaired) electrons. The summed E-state index contributed by atoms with van der Waals surface area (Å²) in [6.07, 6.45) is 2.51. The van der Waals surface area contributed by atoms with Crippen molar-refractivity contribution in [3.8, 4) is 0 Å². The van der Waals surface area contributed by atoms with Crippen LogP contribution in [0.3, 0.4) is 0 Å². The molecule has 0 atom stereocenters. The Morgan fingerprint density at radius 3 is 2.25 bits per heavy atom. The Labute approximate surface area is 123 Å². The first-order chi connectivity index (χ1) is 9.32. The molecule has 0 unspecified atom stereocenters. The fourth-order valence-corrected chi connectivity index (χ4v) is 2.61. The highest BCUT2D eigenvalue weighted by Crippen LogP contribution is 2.30. The third-order valence-electron chi connectivity index (χ3n) is 4.11. The zero-order chi connectivity index (χ0) is 14.9. The van der Waals surface area contributed by atoms with Crippen molar-refractivity contribution < 1.29 is 0 Å². The van der Waals surface area contributed by atoms with Gasteiger partial charge in [-0.25, -0.2) is 9.97 Å². The van der Waals surface area contributed by atoms with Gasteiger partial charge in [-0.2, -0.15) is 0 Å². The number of aromatic nitrogens is 2. The largest absolute Gasteiger partial charge is 0.373 e. The highest BCUT2D eigenvalue weighted by atomic mass is 15.2. The minimum atomic E-state index is -0.0306. The van der Waals surface area contributed by atoms with Gasteiger partial charge in [0.1, 0.15) is 17.5 Å². The van der Waals surface area contributed by atoms with Gasteiger partial charge in [-0.3, -0.25) is 0 Å². The van der Waals surface area contributed by atoms with Gasteiger partial charge < -0.3 is 10.2 Å². The molecule has 4 heteroatoms. The fraction of sp³-hybridized carbons (Fsp3) is 0.750. The van der Waals surface area contributed by atoms with E-state index in [4.69, 9.17) is 4.98 Å². The van der Waals surface area contributed by atoms with Crippen LogP contribution in [0.25, 0.3) is 0 Å². The topological polar surface area (TPSA) is 41.1 Å². The SMILES string of the molecule is CNc1nc(C(C)(C)C)nc(N2CCC(C)CC2)c1C. The fourth-order valence-electron chi connectivity index (χ4n) is 2.61. The molecule has 1 aliphatic heterocycles. The van der Waals surface area contributed by atoms with Gasteiger partial charge in [0.25, 0.3) is 0 Å². The van der Waals surface area contributed by atoms with E-state index in [0.29, 0.717) is 0 Å². The number of rotatable bonds is 2. The summed E-state index contributed by atoms with van der Waals surface area (Å²) >= 11 is 0. The lowest BCUT2D eigenvalue weighted by atomic mass is 9.95. The van der Waals surface area contributed by atoms with Crippen molar-refractivity contribution in [1.82, 2.24) is 9.97 Å².